The van der Waals surface area contributed by atoms with Crippen LogP contribution in [0, 0.1) is 5.41 Å². The number of nitrogens with one attached hydrogen (secondary N) is 1. The van der Waals surface area contributed by atoms with Crippen LogP contribution < -0.4 is 0 Å². The Kier molecular flexibility index (Phi) is 4.41. The van der Waals surface area contributed by atoms with Crippen LogP contribution in [0.5, 0.6) is 0 Å². The number of benzene rings is 1. The quantitative estimate of drug-likeness (QED) is 0.597. The molecule has 3 aromatic rings. The molecule has 0 radical (unpaired) electrons. The predicted molar refractivity (Wildman–Crippen MR) is 114 cm³/mol. The number of nitrogens with zero attached hydrogens (tertiary/aromatic N) is 3. The highest BCUT2D eigenvalue weighted by atomic mass is 32.2. The minimum absolute atomic E-state index is 0.0379. The second kappa shape index (κ2) is 7.26. The minimum atomic E-state index is -1.01. The molecule has 2 aromatic heterocycles. The first-order valence-corrected chi connectivity index (χ1v) is 9.79. The van der Waals surface area contributed by atoms with Crippen LogP contribution in [-0.4, -0.2) is 38.0 Å². The summed E-state index contributed by atoms with van der Waals surface area (Å²) in [6, 6.07) is 13.1. The first-order chi connectivity index (χ1) is 15.0. The number of aromatic carboxylic acids is 1. The first-order valence-electron chi connectivity index (χ1n) is 8.97. The van der Waals surface area contributed by atoms with Crippen molar-refractivity contribution in [2.75, 3.05) is 0 Å². The van der Waals surface area contributed by atoms with E-state index >= 15 is 0 Å². The van der Waals surface area contributed by atoms with Crippen molar-refractivity contribution < 1.29 is 23.5 Å². The van der Waals surface area contributed by atoms with E-state index in [0.29, 0.717) is 27.9 Å². The summed E-state index contributed by atoms with van der Waals surface area (Å²) in [5, 5.41) is 23.8. The number of hydrazone groups is 1. The predicted octanol–water partition coefficient (Wildman–Crippen LogP) is 3.91. The fraction of sp³-hybridized carbons (Fsp3) is 0. The SMILES string of the molecule is N=C1/C(=C/c2ccc(-c3ccc(C(=O)O)cc3)o2)C(=O)N=C2SC(c3ccco3)=NN12. The normalized spacial score (nSPS) is 17.0. The van der Waals surface area contributed by atoms with E-state index in [2.05, 4.69) is 10.1 Å². The van der Waals surface area contributed by atoms with Crippen LogP contribution >= 0.6 is 11.8 Å². The monoisotopic (exact) mass is 432 g/mol. The van der Waals surface area contributed by atoms with E-state index < -0.39 is 11.9 Å². The highest BCUT2D eigenvalue weighted by molar-refractivity contribution is 8.27. The largest absolute Gasteiger partial charge is 0.478 e. The van der Waals surface area contributed by atoms with E-state index in [1.807, 2.05) is 0 Å². The Morgan fingerprint density at radius 1 is 1.13 bits per heavy atom. The highest BCUT2D eigenvalue weighted by Crippen LogP contribution is 2.31. The maximum Gasteiger partial charge on any atom is 0.335 e. The summed E-state index contributed by atoms with van der Waals surface area (Å²) in [7, 11) is 0. The summed E-state index contributed by atoms with van der Waals surface area (Å²) in [4.78, 5) is 27.5. The number of carboxylic acid groups (broad SMARTS) is 1. The van der Waals surface area contributed by atoms with Crippen LogP contribution in [0.25, 0.3) is 17.4 Å². The van der Waals surface area contributed by atoms with Crippen LogP contribution in [0.1, 0.15) is 21.9 Å². The molecule has 5 rings (SSSR count). The van der Waals surface area contributed by atoms with Gasteiger partial charge in [0, 0.05) is 5.56 Å². The standard InChI is InChI=1S/C21H12N4O5S/c22-17-14(18(26)23-21-25(17)24-19(31-21)16-2-1-9-29-16)10-13-7-8-15(30-13)11-3-5-12(6-4-11)20(27)28/h1-10,22H,(H,27,28)/b14-10-,22-17?. The molecule has 10 heteroatoms. The lowest BCUT2D eigenvalue weighted by Gasteiger charge is -2.19. The van der Waals surface area contributed by atoms with Gasteiger partial charge in [-0.3, -0.25) is 10.2 Å². The van der Waals surface area contributed by atoms with Crippen LogP contribution in [0.15, 0.2) is 79.3 Å². The molecule has 2 N–H and O–H groups in total. The molecule has 2 aliphatic heterocycles. The van der Waals surface area contributed by atoms with Crippen molar-refractivity contribution >= 4 is 45.8 Å². The average molecular weight is 432 g/mol. The maximum atomic E-state index is 12.5. The van der Waals surface area contributed by atoms with Gasteiger partial charge in [-0.25, -0.2) is 4.79 Å². The number of hydrogen-bond donors (Lipinski definition) is 2. The maximum absolute atomic E-state index is 12.5. The second-order valence-corrected chi connectivity index (χ2v) is 7.44. The van der Waals surface area contributed by atoms with E-state index in [9.17, 15) is 9.59 Å². The van der Waals surface area contributed by atoms with Crippen LogP contribution in [0.4, 0.5) is 0 Å². The van der Waals surface area contributed by atoms with Gasteiger partial charge in [-0.05, 0) is 54.2 Å². The van der Waals surface area contributed by atoms with Crippen molar-refractivity contribution in [3.63, 3.8) is 0 Å². The van der Waals surface area contributed by atoms with Gasteiger partial charge >= 0.3 is 5.97 Å². The highest BCUT2D eigenvalue weighted by Gasteiger charge is 2.36. The fourth-order valence-electron chi connectivity index (χ4n) is 3.00. The zero-order chi connectivity index (χ0) is 21.5. The molecular weight excluding hydrogens is 420 g/mol. The topological polar surface area (TPSA) is 132 Å². The van der Waals surface area contributed by atoms with Crippen molar-refractivity contribution in [3.8, 4) is 11.3 Å². The lowest BCUT2D eigenvalue weighted by Crippen LogP contribution is -2.35. The number of fused-ring (bicyclic) bond motifs is 1. The third kappa shape index (κ3) is 3.38. The van der Waals surface area contributed by atoms with Crippen molar-refractivity contribution in [2.24, 2.45) is 10.1 Å². The Hall–Kier alpha value is -4.18. The third-order valence-corrected chi connectivity index (χ3v) is 5.44. The molecule has 152 valence electrons. The summed E-state index contributed by atoms with van der Waals surface area (Å²) >= 11 is 1.15. The number of thioether (sulfide) groups is 1. The van der Waals surface area contributed by atoms with Gasteiger partial charge in [0.2, 0.25) is 5.17 Å². The van der Waals surface area contributed by atoms with E-state index in [-0.39, 0.29) is 22.1 Å². The first kappa shape index (κ1) is 18.8. The molecule has 9 nitrogen and oxygen atoms in total. The van der Waals surface area contributed by atoms with E-state index in [0.717, 1.165) is 11.8 Å². The van der Waals surface area contributed by atoms with Crippen molar-refractivity contribution in [1.82, 2.24) is 5.01 Å². The molecule has 1 aromatic carbocycles. The van der Waals surface area contributed by atoms with Gasteiger partial charge in [-0.15, -0.1) is 0 Å². The molecule has 0 fully saturated rings. The number of carbonyl (C=O) groups excluding carboxylic acids is 1. The fourth-order valence-corrected chi connectivity index (χ4v) is 3.86. The Morgan fingerprint density at radius 3 is 2.65 bits per heavy atom. The lowest BCUT2D eigenvalue weighted by molar-refractivity contribution is -0.114. The Bertz CT molecular complexity index is 1320. The molecule has 0 atom stereocenters. The molecule has 0 spiro atoms. The summed E-state index contributed by atoms with van der Waals surface area (Å²) < 4.78 is 11.1. The van der Waals surface area contributed by atoms with Gasteiger partial charge in [0.05, 0.1) is 17.4 Å². The number of rotatable bonds is 4. The van der Waals surface area contributed by atoms with E-state index in [4.69, 9.17) is 19.4 Å². The van der Waals surface area contributed by atoms with Crippen LogP contribution in [0.3, 0.4) is 0 Å². The van der Waals surface area contributed by atoms with Gasteiger partial charge in [0.1, 0.15) is 11.5 Å². The number of aliphatic imine (C=N–C) groups is 1. The molecule has 0 aliphatic carbocycles. The average Bonchev–Trinajstić information content (AvgIpc) is 3.51. The van der Waals surface area contributed by atoms with E-state index in [1.54, 1.807) is 36.4 Å². The summed E-state index contributed by atoms with van der Waals surface area (Å²) in [6.07, 6.45) is 2.95. The zero-order valence-corrected chi connectivity index (χ0v) is 16.4. The number of hydrogen-bond acceptors (Lipinski definition) is 7. The van der Waals surface area contributed by atoms with Gasteiger partial charge in [-0.1, -0.05) is 12.1 Å². The summed E-state index contributed by atoms with van der Waals surface area (Å²) in [5.74, 6) is -0.318. The number of amides is 1. The molecule has 0 bridgehead atoms. The van der Waals surface area contributed by atoms with E-state index in [1.165, 1.54) is 29.5 Å². The van der Waals surface area contributed by atoms with Gasteiger partial charge in [0.15, 0.2) is 16.6 Å². The zero-order valence-electron chi connectivity index (χ0n) is 15.6. The number of amidine groups is 2. The van der Waals surface area contributed by atoms with Crippen molar-refractivity contribution in [3.05, 3.63) is 77.5 Å². The van der Waals surface area contributed by atoms with Gasteiger partial charge in [-0.2, -0.15) is 15.1 Å². The minimum Gasteiger partial charge on any atom is -0.478 e. The molecule has 1 amide bonds. The Balaban J connectivity index is 1.42. The third-order valence-electron chi connectivity index (χ3n) is 4.52. The summed E-state index contributed by atoms with van der Waals surface area (Å²) in [5.41, 5.74) is 0.894. The summed E-state index contributed by atoms with van der Waals surface area (Å²) in [6.45, 7) is 0. The molecular formula is C21H12N4O5S. The van der Waals surface area contributed by atoms with Crippen molar-refractivity contribution in [2.45, 2.75) is 0 Å². The van der Waals surface area contributed by atoms with Crippen molar-refractivity contribution in [1.29, 1.82) is 5.41 Å². The Labute approximate surface area is 178 Å². The molecule has 31 heavy (non-hydrogen) atoms. The van der Waals surface area contributed by atoms with Gasteiger partial charge in [0.25, 0.3) is 5.91 Å². The van der Waals surface area contributed by atoms with Gasteiger partial charge < -0.3 is 13.9 Å². The molecule has 2 aliphatic rings. The lowest BCUT2D eigenvalue weighted by atomic mass is 10.1. The smallest absolute Gasteiger partial charge is 0.335 e. The number of furan rings is 2. The molecule has 4 heterocycles. The van der Waals surface area contributed by atoms with Crippen LogP contribution in [0.2, 0.25) is 0 Å². The number of carboxylic acids is 1. The van der Waals surface area contributed by atoms with Crippen LogP contribution in [-0.2, 0) is 4.79 Å². The Morgan fingerprint density at radius 2 is 1.94 bits per heavy atom. The second-order valence-electron chi connectivity index (χ2n) is 6.49. The molecule has 0 unspecified atom stereocenters. The molecule has 0 saturated heterocycles. The number of carbonyl (C=O) groups is 2. The molecule has 0 saturated carbocycles.